The van der Waals surface area contributed by atoms with Crippen molar-refractivity contribution in [1.82, 2.24) is 0 Å². The zero-order chi connectivity index (χ0) is 15.6. The van der Waals surface area contributed by atoms with Gasteiger partial charge >= 0.3 is 0 Å². The van der Waals surface area contributed by atoms with E-state index in [0.717, 1.165) is 11.3 Å². The fraction of sp³-hybridized carbons (Fsp3) is 0.250. The summed E-state index contributed by atoms with van der Waals surface area (Å²) in [5.41, 5.74) is 6.58. The number of hydrogen-bond donors (Lipinski definition) is 1. The van der Waals surface area contributed by atoms with Crippen LogP contribution in [-0.2, 0) is 16.4 Å². The normalized spacial score (nSPS) is 17.2. The van der Waals surface area contributed by atoms with Gasteiger partial charge in [0.2, 0.25) is 0 Å². The average Bonchev–Trinajstić information content (AvgIpc) is 3.32. The zero-order valence-electron chi connectivity index (χ0n) is 11.9. The summed E-state index contributed by atoms with van der Waals surface area (Å²) in [6, 6.07) is 14.1. The molecular weight excluding hydrogens is 318 g/mol. The lowest BCUT2D eigenvalue weighted by molar-refractivity contribution is 0.482. The van der Waals surface area contributed by atoms with Gasteiger partial charge in [-0.3, -0.25) is 0 Å². The summed E-state index contributed by atoms with van der Waals surface area (Å²) in [7, 11) is -3.19. The Morgan fingerprint density at radius 1 is 1.05 bits per heavy atom. The molecule has 0 spiro atoms. The quantitative estimate of drug-likeness (QED) is 0.822. The number of benzene rings is 2. The Balaban J connectivity index is 1.70. The third-order valence-electron chi connectivity index (χ3n) is 3.39. The van der Waals surface area contributed by atoms with Gasteiger partial charge in [-0.25, -0.2) is 8.42 Å². The van der Waals surface area contributed by atoms with Crippen LogP contribution in [0.1, 0.15) is 5.56 Å². The SMILES string of the molecule is NCc1ccc(Oc2ccc(S(=O)(=O)C[C@@H]3CS3)cc2)cc1. The smallest absolute Gasteiger partial charge is 0.179 e. The van der Waals surface area contributed by atoms with Crippen LogP contribution in [0.5, 0.6) is 11.5 Å². The van der Waals surface area contributed by atoms with E-state index in [-0.39, 0.29) is 11.0 Å². The second-order valence-corrected chi connectivity index (χ2v) is 8.53. The first-order chi connectivity index (χ1) is 10.6. The van der Waals surface area contributed by atoms with Crippen molar-refractivity contribution < 1.29 is 13.2 Å². The lowest BCUT2D eigenvalue weighted by Crippen LogP contribution is -2.10. The average molecular weight is 335 g/mol. The molecule has 1 atom stereocenters. The highest BCUT2D eigenvalue weighted by Gasteiger charge is 2.29. The fourth-order valence-corrected chi connectivity index (χ4v) is 4.73. The van der Waals surface area contributed by atoms with Crippen LogP contribution in [0.25, 0.3) is 0 Å². The Morgan fingerprint density at radius 3 is 2.09 bits per heavy atom. The highest BCUT2D eigenvalue weighted by molar-refractivity contribution is 8.08. The van der Waals surface area contributed by atoms with Crippen molar-refractivity contribution in [1.29, 1.82) is 0 Å². The van der Waals surface area contributed by atoms with Gasteiger partial charge in [-0.1, -0.05) is 12.1 Å². The molecule has 22 heavy (non-hydrogen) atoms. The van der Waals surface area contributed by atoms with E-state index in [0.29, 0.717) is 22.9 Å². The molecule has 0 aromatic heterocycles. The molecule has 1 fully saturated rings. The van der Waals surface area contributed by atoms with Crippen molar-refractivity contribution in [3.8, 4) is 11.5 Å². The molecule has 1 saturated heterocycles. The molecule has 1 aliphatic heterocycles. The molecule has 0 aliphatic carbocycles. The van der Waals surface area contributed by atoms with Gasteiger partial charge in [-0.05, 0) is 42.0 Å². The zero-order valence-corrected chi connectivity index (χ0v) is 13.6. The van der Waals surface area contributed by atoms with Crippen LogP contribution in [0.15, 0.2) is 53.4 Å². The van der Waals surface area contributed by atoms with Crippen LogP contribution in [-0.4, -0.2) is 25.2 Å². The number of thioether (sulfide) groups is 1. The largest absolute Gasteiger partial charge is 0.457 e. The summed E-state index contributed by atoms with van der Waals surface area (Å²) in [4.78, 5) is 0.353. The molecule has 6 heteroatoms. The lowest BCUT2D eigenvalue weighted by atomic mass is 10.2. The first-order valence-electron chi connectivity index (χ1n) is 6.98. The predicted octanol–water partition coefficient (Wildman–Crippen LogP) is 2.83. The molecule has 3 rings (SSSR count). The molecule has 0 unspecified atom stereocenters. The maximum atomic E-state index is 12.2. The van der Waals surface area contributed by atoms with E-state index in [1.807, 2.05) is 24.3 Å². The van der Waals surface area contributed by atoms with Crippen molar-refractivity contribution in [2.24, 2.45) is 5.73 Å². The highest BCUT2D eigenvalue weighted by atomic mass is 32.2. The number of sulfone groups is 1. The standard InChI is InChI=1S/C16H17NO3S2/c17-9-12-1-3-13(4-2-12)20-14-5-7-16(8-6-14)22(18,19)11-15-10-21-15/h1-8,15H,9-11,17H2/t15-/m0/s1. The van der Waals surface area contributed by atoms with Gasteiger partial charge in [-0.2, -0.15) is 11.8 Å². The van der Waals surface area contributed by atoms with Crippen molar-refractivity contribution in [2.45, 2.75) is 16.7 Å². The minimum absolute atomic E-state index is 0.221. The lowest BCUT2D eigenvalue weighted by Gasteiger charge is -2.08. The highest BCUT2D eigenvalue weighted by Crippen LogP contribution is 2.33. The third-order valence-corrected chi connectivity index (χ3v) is 6.40. The topological polar surface area (TPSA) is 69.4 Å². The number of hydrogen-bond acceptors (Lipinski definition) is 5. The summed E-state index contributed by atoms with van der Waals surface area (Å²) < 4.78 is 30.0. The molecule has 2 aromatic carbocycles. The first-order valence-corrected chi connectivity index (χ1v) is 9.68. The van der Waals surface area contributed by atoms with Gasteiger partial charge in [0.15, 0.2) is 9.84 Å². The van der Waals surface area contributed by atoms with E-state index >= 15 is 0 Å². The van der Waals surface area contributed by atoms with E-state index in [4.69, 9.17) is 10.5 Å². The fourth-order valence-electron chi connectivity index (χ4n) is 2.05. The van der Waals surface area contributed by atoms with E-state index < -0.39 is 9.84 Å². The predicted molar refractivity (Wildman–Crippen MR) is 89.1 cm³/mol. The van der Waals surface area contributed by atoms with Crippen LogP contribution in [0, 0.1) is 0 Å². The van der Waals surface area contributed by atoms with E-state index in [2.05, 4.69) is 0 Å². The van der Waals surface area contributed by atoms with Crippen molar-refractivity contribution >= 4 is 21.6 Å². The number of nitrogens with two attached hydrogens (primary N) is 1. The summed E-state index contributed by atoms with van der Waals surface area (Å²) >= 11 is 1.68. The Morgan fingerprint density at radius 2 is 1.59 bits per heavy atom. The maximum Gasteiger partial charge on any atom is 0.179 e. The van der Waals surface area contributed by atoms with Crippen LogP contribution in [0.2, 0.25) is 0 Å². The number of rotatable bonds is 6. The second kappa shape index (κ2) is 6.32. The van der Waals surface area contributed by atoms with Gasteiger partial charge in [0.05, 0.1) is 10.6 Å². The van der Waals surface area contributed by atoms with E-state index in [9.17, 15) is 8.42 Å². The molecule has 2 N–H and O–H groups in total. The monoisotopic (exact) mass is 335 g/mol. The third kappa shape index (κ3) is 3.82. The summed E-state index contributed by atoms with van der Waals surface area (Å²) in [6.45, 7) is 0.492. The minimum Gasteiger partial charge on any atom is -0.457 e. The Bertz CT molecular complexity index is 736. The Kier molecular flexibility index (Phi) is 4.42. The molecular formula is C16H17NO3S2. The maximum absolute atomic E-state index is 12.2. The van der Waals surface area contributed by atoms with Gasteiger partial charge < -0.3 is 10.5 Å². The van der Waals surface area contributed by atoms with Crippen LogP contribution >= 0.6 is 11.8 Å². The summed E-state index contributed by atoms with van der Waals surface area (Å²) in [6.07, 6.45) is 0. The van der Waals surface area contributed by atoms with Crippen molar-refractivity contribution in [2.75, 3.05) is 11.5 Å². The van der Waals surface area contributed by atoms with E-state index in [1.165, 1.54) is 0 Å². The van der Waals surface area contributed by atoms with Gasteiger partial charge in [0, 0.05) is 17.5 Å². The van der Waals surface area contributed by atoms with Gasteiger partial charge in [-0.15, -0.1) is 0 Å². The minimum atomic E-state index is -3.19. The molecule has 1 aliphatic rings. The molecule has 4 nitrogen and oxygen atoms in total. The molecule has 0 amide bonds. The first kappa shape index (κ1) is 15.4. The molecule has 0 saturated carbocycles. The van der Waals surface area contributed by atoms with Crippen LogP contribution < -0.4 is 10.5 Å². The molecule has 1 heterocycles. The summed E-state index contributed by atoms with van der Waals surface area (Å²) in [5, 5.41) is 0.266. The number of ether oxygens (including phenoxy) is 1. The molecule has 0 radical (unpaired) electrons. The van der Waals surface area contributed by atoms with E-state index in [1.54, 1.807) is 36.0 Å². The van der Waals surface area contributed by atoms with Crippen LogP contribution in [0.4, 0.5) is 0 Å². The van der Waals surface area contributed by atoms with Crippen molar-refractivity contribution in [3.63, 3.8) is 0 Å². The van der Waals surface area contributed by atoms with Crippen LogP contribution in [0.3, 0.4) is 0 Å². The summed E-state index contributed by atoms with van der Waals surface area (Å²) in [5.74, 6) is 2.47. The van der Waals surface area contributed by atoms with Gasteiger partial charge in [0.25, 0.3) is 0 Å². The molecule has 0 bridgehead atoms. The molecule has 2 aromatic rings. The van der Waals surface area contributed by atoms with Crippen molar-refractivity contribution in [3.05, 3.63) is 54.1 Å². The Labute approximate surface area is 134 Å². The molecule has 116 valence electrons. The van der Waals surface area contributed by atoms with Gasteiger partial charge in [0.1, 0.15) is 11.5 Å². The second-order valence-electron chi connectivity index (χ2n) is 5.16. The Hall–Kier alpha value is -1.50.